The summed E-state index contributed by atoms with van der Waals surface area (Å²) in [7, 11) is 5.27. The monoisotopic (exact) mass is 457 g/mol. The van der Waals surface area contributed by atoms with Crippen molar-refractivity contribution < 1.29 is 9.47 Å². The molecule has 1 aliphatic carbocycles. The molecule has 4 aromatic rings. The lowest BCUT2D eigenvalue weighted by Crippen LogP contribution is -2.16. The lowest BCUT2D eigenvalue weighted by atomic mass is 10.0. The minimum atomic E-state index is -0.0348. The van der Waals surface area contributed by atoms with Gasteiger partial charge in [0, 0.05) is 43.9 Å². The van der Waals surface area contributed by atoms with Crippen molar-refractivity contribution in [2.24, 2.45) is 20.0 Å². The van der Waals surface area contributed by atoms with Crippen LogP contribution in [0.1, 0.15) is 23.9 Å². The van der Waals surface area contributed by atoms with Crippen LogP contribution < -0.4 is 15.0 Å². The van der Waals surface area contributed by atoms with Gasteiger partial charge in [0.2, 0.25) is 5.88 Å². The van der Waals surface area contributed by atoms with Crippen molar-refractivity contribution >= 4 is 0 Å². The van der Waals surface area contributed by atoms with Gasteiger partial charge in [-0.05, 0) is 36.6 Å². The molecule has 34 heavy (non-hydrogen) atoms. The molecule has 0 saturated heterocycles. The molecule has 3 aromatic heterocycles. The maximum Gasteiger partial charge on any atom is 0.266 e. The van der Waals surface area contributed by atoms with Crippen LogP contribution in [-0.2, 0) is 14.1 Å². The lowest BCUT2D eigenvalue weighted by Gasteiger charge is -2.12. The number of aromatic nitrogens is 5. The summed E-state index contributed by atoms with van der Waals surface area (Å²) in [5.41, 5.74) is 4.67. The predicted molar refractivity (Wildman–Crippen MR) is 129 cm³/mol. The Kier molecular flexibility index (Phi) is 5.65. The van der Waals surface area contributed by atoms with Crippen LogP contribution in [0.2, 0.25) is 0 Å². The third-order valence-corrected chi connectivity index (χ3v) is 6.48. The molecule has 0 amide bonds. The first kappa shape index (κ1) is 21.9. The van der Waals surface area contributed by atoms with Gasteiger partial charge in [0.25, 0.3) is 5.56 Å². The quantitative estimate of drug-likeness (QED) is 0.420. The average Bonchev–Trinajstić information content (AvgIpc) is 3.60. The number of ether oxygens (including phenoxy) is 2. The summed E-state index contributed by atoms with van der Waals surface area (Å²) in [5.74, 6) is 2.82. The topological polar surface area (TPSA) is 84.1 Å². The molecule has 5 rings (SSSR count). The summed E-state index contributed by atoms with van der Waals surface area (Å²) in [4.78, 5) is 25.4. The van der Waals surface area contributed by atoms with Crippen LogP contribution in [0.5, 0.6) is 11.6 Å². The zero-order chi connectivity index (χ0) is 23.8. The molecule has 0 bridgehead atoms. The van der Waals surface area contributed by atoms with Crippen LogP contribution in [0.4, 0.5) is 0 Å². The lowest BCUT2D eigenvalue weighted by molar-refractivity contribution is 0.285. The van der Waals surface area contributed by atoms with Crippen molar-refractivity contribution in [1.82, 2.24) is 24.3 Å². The van der Waals surface area contributed by atoms with Gasteiger partial charge < -0.3 is 9.47 Å². The zero-order valence-electron chi connectivity index (χ0n) is 19.7. The highest BCUT2D eigenvalue weighted by Gasteiger charge is 2.40. The zero-order valence-corrected chi connectivity index (χ0v) is 19.7. The first-order chi connectivity index (χ1) is 16.4. The Morgan fingerprint density at radius 2 is 1.76 bits per heavy atom. The van der Waals surface area contributed by atoms with E-state index in [-0.39, 0.29) is 5.56 Å². The second-order valence-corrected chi connectivity index (χ2v) is 8.66. The number of hydrogen-bond acceptors (Lipinski definition) is 6. The van der Waals surface area contributed by atoms with Crippen LogP contribution in [0.25, 0.3) is 22.4 Å². The SMILES string of the molecule is COc1ccc([C@H]2C[C@@H]2COc2nc(C)ncc2-c2ccc(-c3cc(=O)n(C)n3C)cc2)nc1. The van der Waals surface area contributed by atoms with Crippen LogP contribution in [-0.4, -0.2) is 38.0 Å². The minimum absolute atomic E-state index is 0.0348. The van der Waals surface area contributed by atoms with Gasteiger partial charge in [0.1, 0.15) is 11.6 Å². The van der Waals surface area contributed by atoms with Gasteiger partial charge in [-0.2, -0.15) is 4.98 Å². The summed E-state index contributed by atoms with van der Waals surface area (Å²) in [6, 6.07) is 13.6. The second-order valence-electron chi connectivity index (χ2n) is 8.66. The maximum absolute atomic E-state index is 12.0. The summed E-state index contributed by atoms with van der Waals surface area (Å²) in [5, 5.41) is 0. The van der Waals surface area contributed by atoms with Crippen molar-refractivity contribution in [3.05, 3.63) is 76.7 Å². The molecular formula is C26H27N5O3. The Bertz CT molecular complexity index is 1370. The first-order valence-corrected chi connectivity index (χ1v) is 11.2. The van der Waals surface area contributed by atoms with E-state index in [1.807, 2.05) is 55.1 Å². The summed E-state index contributed by atoms with van der Waals surface area (Å²) >= 11 is 0. The summed E-state index contributed by atoms with van der Waals surface area (Å²) in [6.07, 6.45) is 4.61. The molecule has 0 N–H and O–H groups in total. The van der Waals surface area contributed by atoms with Gasteiger partial charge in [-0.3, -0.25) is 19.1 Å². The molecule has 1 aliphatic rings. The van der Waals surface area contributed by atoms with Crippen molar-refractivity contribution in [2.45, 2.75) is 19.3 Å². The van der Waals surface area contributed by atoms with E-state index in [4.69, 9.17) is 9.47 Å². The van der Waals surface area contributed by atoms with Crippen LogP contribution >= 0.6 is 0 Å². The fourth-order valence-corrected chi connectivity index (χ4v) is 4.17. The minimum Gasteiger partial charge on any atom is -0.495 e. The highest BCUT2D eigenvalue weighted by Crippen LogP contribution is 2.47. The summed E-state index contributed by atoms with van der Waals surface area (Å²) < 4.78 is 14.8. The number of nitrogens with zero attached hydrogens (tertiary/aromatic N) is 5. The third kappa shape index (κ3) is 4.19. The largest absolute Gasteiger partial charge is 0.495 e. The first-order valence-electron chi connectivity index (χ1n) is 11.2. The Morgan fingerprint density at radius 3 is 2.41 bits per heavy atom. The van der Waals surface area contributed by atoms with E-state index in [2.05, 4.69) is 15.0 Å². The van der Waals surface area contributed by atoms with Gasteiger partial charge >= 0.3 is 0 Å². The van der Waals surface area contributed by atoms with Gasteiger partial charge in [0.15, 0.2) is 0 Å². The molecule has 0 spiro atoms. The number of aryl methyl sites for hydroxylation is 1. The van der Waals surface area contributed by atoms with Gasteiger partial charge in [0.05, 0.1) is 31.2 Å². The van der Waals surface area contributed by atoms with E-state index in [0.717, 1.165) is 40.2 Å². The molecule has 8 nitrogen and oxygen atoms in total. The molecule has 1 saturated carbocycles. The van der Waals surface area contributed by atoms with E-state index in [1.54, 1.807) is 37.3 Å². The van der Waals surface area contributed by atoms with Crippen molar-refractivity contribution in [2.75, 3.05) is 13.7 Å². The normalized spacial score (nSPS) is 16.9. The standard InChI is InChI=1S/C26H27N5O3/c1-16-27-14-22(17-5-7-18(8-6-17)24-12-25(32)31(3)30(24)2)26(29-16)34-15-19-11-21(19)23-10-9-20(33-4)13-28-23/h5-10,12-14,19,21H,11,15H2,1-4H3/t19-,21+/m1/s1. The van der Waals surface area contributed by atoms with E-state index < -0.39 is 0 Å². The molecule has 3 heterocycles. The Balaban J connectivity index is 1.32. The highest BCUT2D eigenvalue weighted by atomic mass is 16.5. The third-order valence-electron chi connectivity index (χ3n) is 6.48. The molecular weight excluding hydrogens is 430 g/mol. The van der Waals surface area contributed by atoms with Crippen molar-refractivity contribution in [3.63, 3.8) is 0 Å². The molecule has 1 fully saturated rings. The summed E-state index contributed by atoms with van der Waals surface area (Å²) in [6.45, 7) is 2.43. The van der Waals surface area contributed by atoms with Crippen LogP contribution in [0, 0.1) is 12.8 Å². The molecule has 174 valence electrons. The van der Waals surface area contributed by atoms with Crippen molar-refractivity contribution in [1.29, 1.82) is 0 Å². The number of pyridine rings is 1. The van der Waals surface area contributed by atoms with E-state index in [0.29, 0.717) is 30.1 Å². The van der Waals surface area contributed by atoms with Gasteiger partial charge in [-0.15, -0.1) is 0 Å². The molecule has 0 radical (unpaired) electrons. The highest BCUT2D eigenvalue weighted by molar-refractivity contribution is 5.71. The Morgan fingerprint density at radius 1 is 1.00 bits per heavy atom. The average molecular weight is 458 g/mol. The smallest absolute Gasteiger partial charge is 0.266 e. The molecule has 0 aliphatic heterocycles. The predicted octanol–water partition coefficient (Wildman–Crippen LogP) is 3.74. The molecule has 8 heteroatoms. The maximum atomic E-state index is 12.0. The number of rotatable bonds is 7. The Hall–Kier alpha value is -3.94. The van der Waals surface area contributed by atoms with Crippen LogP contribution in [0.3, 0.4) is 0 Å². The fraction of sp³-hybridized carbons (Fsp3) is 0.308. The van der Waals surface area contributed by atoms with Gasteiger partial charge in [-0.25, -0.2) is 4.98 Å². The molecule has 0 unspecified atom stereocenters. The number of benzene rings is 1. The van der Waals surface area contributed by atoms with E-state index >= 15 is 0 Å². The number of methoxy groups -OCH3 is 1. The van der Waals surface area contributed by atoms with Crippen LogP contribution in [0.15, 0.2) is 59.7 Å². The molecule has 1 aromatic carbocycles. The fourth-order valence-electron chi connectivity index (χ4n) is 4.17. The number of hydrogen-bond donors (Lipinski definition) is 0. The molecule has 2 atom stereocenters. The van der Waals surface area contributed by atoms with Crippen molar-refractivity contribution in [3.8, 4) is 34.0 Å². The van der Waals surface area contributed by atoms with Gasteiger partial charge in [-0.1, -0.05) is 24.3 Å². The van der Waals surface area contributed by atoms with E-state index in [9.17, 15) is 4.79 Å². The Labute approximate surface area is 197 Å². The van der Waals surface area contributed by atoms with E-state index in [1.165, 1.54) is 0 Å². The second kappa shape index (κ2) is 8.78.